The monoisotopic (exact) mass is 334 g/mol. The highest BCUT2D eigenvalue weighted by Gasteiger charge is 2.95. The van der Waals surface area contributed by atoms with Crippen molar-refractivity contribution in [2.24, 2.45) is 22.2 Å². The molecule has 2 aliphatic heterocycles. The van der Waals surface area contributed by atoms with Crippen molar-refractivity contribution < 1.29 is 23.5 Å². The molecule has 0 radical (unpaired) electrons. The molecule has 124 valence electrons. The first-order valence-electron chi connectivity index (χ1n) is 8.71. The fourth-order valence-electron chi connectivity index (χ4n) is 7.08. The Morgan fingerprint density at radius 1 is 1.12 bits per heavy atom. The number of carbonyl (C=O) groups is 2. The third-order valence-corrected chi connectivity index (χ3v) is 7.68. The molecule has 3 heterocycles. The van der Waals surface area contributed by atoms with Crippen molar-refractivity contribution in [3.63, 3.8) is 0 Å². The van der Waals surface area contributed by atoms with Gasteiger partial charge in [0, 0.05) is 22.0 Å². The summed E-state index contributed by atoms with van der Waals surface area (Å²) >= 11 is 0. The molecule has 3 spiro atoms. The molecule has 3 fully saturated rings. The summed E-state index contributed by atoms with van der Waals surface area (Å²) in [5, 5.41) is 0. The van der Waals surface area contributed by atoms with Gasteiger partial charge in [-0.3, -0.25) is 0 Å². The summed E-state index contributed by atoms with van der Waals surface area (Å²) in [5.41, 5.74) is 2.77. The molecule has 5 nitrogen and oxygen atoms in total. The summed E-state index contributed by atoms with van der Waals surface area (Å²) in [6.07, 6.45) is 11.0. The Labute approximate surface area is 143 Å². The molecule has 5 aliphatic carbocycles. The van der Waals surface area contributed by atoms with Crippen LogP contribution in [0.25, 0.3) is 0 Å². The van der Waals surface area contributed by atoms with Crippen LogP contribution in [0.1, 0.15) is 24.5 Å². The van der Waals surface area contributed by atoms with Crippen molar-refractivity contribution in [2.75, 3.05) is 6.61 Å². The van der Waals surface area contributed by atoms with Gasteiger partial charge in [0.2, 0.25) is 0 Å². The molecule has 1 aromatic rings. The van der Waals surface area contributed by atoms with E-state index >= 15 is 0 Å². The number of esters is 2. The Morgan fingerprint density at radius 2 is 2.04 bits per heavy atom. The Balaban J connectivity index is 1.53. The van der Waals surface area contributed by atoms with Crippen LogP contribution in [0.3, 0.4) is 0 Å². The fraction of sp³-hybridized carbons (Fsp3) is 0.400. The number of hydrogen-bond acceptors (Lipinski definition) is 5. The molecule has 1 saturated heterocycles. The van der Waals surface area contributed by atoms with Crippen molar-refractivity contribution in [3.8, 4) is 0 Å². The lowest BCUT2D eigenvalue weighted by atomic mass is 9.69. The summed E-state index contributed by atoms with van der Waals surface area (Å²) < 4.78 is 16.5. The number of hydrogen-bond donors (Lipinski definition) is 0. The summed E-state index contributed by atoms with van der Waals surface area (Å²) in [4.78, 5) is 24.9. The van der Waals surface area contributed by atoms with Gasteiger partial charge in [0.05, 0.1) is 23.5 Å². The second-order valence-corrected chi connectivity index (χ2v) is 8.11. The van der Waals surface area contributed by atoms with E-state index in [-0.39, 0.29) is 28.2 Å². The summed E-state index contributed by atoms with van der Waals surface area (Å²) in [5.74, 6) is -0.0970. The molecule has 4 bridgehead atoms. The highest BCUT2D eigenvalue weighted by atomic mass is 16.6. The fourth-order valence-corrected chi connectivity index (χ4v) is 7.08. The zero-order valence-electron chi connectivity index (χ0n) is 13.3. The highest BCUT2D eigenvalue weighted by molar-refractivity contribution is 6.01. The second kappa shape index (κ2) is 3.39. The third-order valence-electron chi connectivity index (χ3n) is 7.68. The van der Waals surface area contributed by atoms with Crippen molar-refractivity contribution in [1.29, 1.82) is 0 Å². The topological polar surface area (TPSA) is 65.7 Å². The smallest absolute Gasteiger partial charge is 0.339 e. The van der Waals surface area contributed by atoms with Gasteiger partial charge >= 0.3 is 11.9 Å². The number of allylic oxidation sites excluding steroid dienone is 2. The third kappa shape index (κ3) is 0.969. The zero-order chi connectivity index (χ0) is 16.6. The number of rotatable bonds is 1. The van der Waals surface area contributed by atoms with Gasteiger partial charge < -0.3 is 13.9 Å². The molecule has 1 aromatic heterocycles. The number of furan rings is 1. The van der Waals surface area contributed by atoms with E-state index in [1.807, 2.05) is 12.1 Å². The molecule has 2 unspecified atom stereocenters. The lowest BCUT2D eigenvalue weighted by Crippen LogP contribution is -2.28. The van der Waals surface area contributed by atoms with Gasteiger partial charge in [-0.25, -0.2) is 9.59 Å². The molecule has 25 heavy (non-hydrogen) atoms. The van der Waals surface area contributed by atoms with E-state index in [1.165, 1.54) is 0 Å². The van der Waals surface area contributed by atoms with Crippen LogP contribution in [0.15, 0.2) is 58.0 Å². The Bertz CT molecular complexity index is 995. The average Bonchev–Trinajstić information content (AvgIpc) is 3.20. The lowest BCUT2D eigenvalue weighted by molar-refractivity contribution is -0.140. The van der Waals surface area contributed by atoms with Crippen LogP contribution in [0.2, 0.25) is 0 Å². The highest BCUT2D eigenvalue weighted by Crippen LogP contribution is 2.96. The summed E-state index contributed by atoms with van der Waals surface area (Å²) in [6.45, 7) is 0.414. The van der Waals surface area contributed by atoms with Crippen molar-refractivity contribution in [1.82, 2.24) is 0 Å². The minimum atomic E-state index is -0.418. The normalized spacial score (nSPS) is 47.1. The van der Waals surface area contributed by atoms with E-state index in [2.05, 4.69) is 12.2 Å². The molecular weight excluding hydrogens is 320 g/mol. The predicted octanol–water partition coefficient (Wildman–Crippen LogP) is 2.62. The molecule has 5 atom stereocenters. The van der Waals surface area contributed by atoms with Gasteiger partial charge in [0.15, 0.2) is 6.10 Å². The van der Waals surface area contributed by atoms with Gasteiger partial charge in [-0.2, -0.15) is 0 Å². The van der Waals surface area contributed by atoms with Crippen LogP contribution in [-0.2, 0) is 19.1 Å². The van der Waals surface area contributed by atoms with Crippen molar-refractivity contribution in [2.45, 2.75) is 18.9 Å². The molecule has 0 aromatic carbocycles. The minimum Gasteiger partial charge on any atom is -0.472 e. The maximum Gasteiger partial charge on any atom is 0.339 e. The largest absolute Gasteiger partial charge is 0.472 e. The van der Waals surface area contributed by atoms with Crippen LogP contribution in [-0.4, -0.2) is 18.5 Å². The molecule has 5 heteroatoms. The van der Waals surface area contributed by atoms with E-state index in [9.17, 15) is 9.59 Å². The van der Waals surface area contributed by atoms with Crippen molar-refractivity contribution in [3.05, 3.63) is 59.1 Å². The van der Waals surface area contributed by atoms with E-state index in [4.69, 9.17) is 13.9 Å². The van der Waals surface area contributed by atoms with Crippen LogP contribution in [0.4, 0.5) is 0 Å². The predicted molar refractivity (Wildman–Crippen MR) is 82.8 cm³/mol. The first-order chi connectivity index (χ1) is 12.1. The Kier molecular flexibility index (Phi) is 1.73. The van der Waals surface area contributed by atoms with Gasteiger partial charge in [-0.15, -0.1) is 0 Å². The van der Waals surface area contributed by atoms with E-state index < -0.39 is 6.10 Å². The minimum absolute atomic E-state index is 0.101. The van der Waals surface area contributed by atoms with Gasteiger partial charge in [0.1, 0.15) is 6.61 Å². The van der Waals surface area contributed by atoms with E-state index in [0.717, 1.165) is 29.6 Å². The molecule has 0 amide bonds. The average molecular weight is 334 g/mol. The molecule has 0 N–H and O–H groups in total. The van der Waals surface area contributed by atoms with E-state index in [0.29, 0.717) is 18.1 Å². The molecular formula is C20H14O5. The molecule has 8 rings (SSSR count). The number of ether oxygens (including phenoxy) is 2. The van der Waals surface area contributed by atoms with Crippen LogP contribution < -0.4 is 0 Å². The number of cyclic esters (lactones) is 2. The zero-order valence-corrected chi connectivity index (χ0v) is 13.3. The lowest BCUT2D eigenvalue weighted by Gasteiger charge is -2.31. The maximum absolute atomic E-state index is 12.5. The van der Waals surface area contributed by atoms with Crippen LogP contribution in [0, 0.1) is 22.2 Å². The Morgan fingerprint density at radius 3 is 2.88 bits per heavy atom. The Hall–Kier alpha value is -2.56. The van der Waals surface area contributed by atoms with Crippen molar-refractivity contribution >= 4 is 11.9 Å². The van der Waals surface area contributed by atoms with Gasteiger partial charge in [-0.1, -0.05) is 18.2 Å². The van der Waals surface area contributed by atoms with E-state index in [1.54, 1.807) is 12.5 Å². The first-order valence-corrected chi connectivity index (χ1v) is 8.71. The molecule has 2 saturated carbocycles. The number of carbonyl (C=O) groups excluding carboxylic acids is 2. The first kappa shape index (κ1) is 12.8. The second-order valence-electron chi connectivity index (χ2n) is 8.11. The maximum atomic E-state index is 12.5. The molecule has 7 aliphatic rings. The standard InChI is InChI=1S/C20H14O5/c21-16-12-1-3-18-6-10-5-13-17(22)24-9-20(13,18)19(18,7-10)14(12)15(25-16)11-2-4-23-8-11/h1-5,8,10,15H,6-7,9H2/t10?,15-,18-,19-,20?/m1/s1. The SMILES string of the molecule is O=C1OCC23C1=CC1C[C@@]24C=CC2=C([C@@H](c5ccoc5)OC2=O)[C@@]34C1. The quantitative estimate of drug-likeness (QED) is 0.739. The van der Waals surface area contributed by atoms with Gasteiger partial charge in [0.25, 0.3) is 0 Å². The summed E-state index contributed by atoms with van der Waals surface area (Å²) in [7, 11) is 0. The van der Waals surface area contributed by atoms with Crippen LogP contribution in [0.5, 0.6) is 0 Å². The van der Waals surface area contributed by atoms with Crippen LogP contribution >= 0.6 is 0 Å². The van der Waals surface area contributed by atoms with Gasteiger partial charge in [-0.05, 0) is 30.4 Å². The summed E-state index contributed by atoms with van der Waals surface area (Å²) in [6, 6.07) is 1.85.